The lowest BCUT2D eigenvalue weighted by molar-refractivity contribution is -0.138. The Labute approximate surface area is 177 Å². The number of hydrogen-bond donors (Lipinski definition) is 2. The summed E-state index contributed by atoms with van der Waals surface area (Å²) in [4.78, 5) is 23.4. The molecular weight excluding hydrogens is 407 g/mol. The van der Waals surface area contributed by atoms with Gasteiger partial charge in [0.25, 0.3) is 5.91 Å². The number of benzene rings is 3. The van der Waals surface area contributed by atoms with Crippen molar-refractivity contribution in [3.05, 3.63) is 89.5 Å². The summed E-state index contributed by atoms with van der Waals surface area (Å²) in [7, 11) is 0. The SMILES string of the molecule is O=C(O)CCCc1ccc(NC(=O)c2ccccc2-c2ccc(C(F)(F)F)cc2)cc1. The van der Waals surface area contributed by atoms with Crippen LogP contribution in [0.5, 0.6) is 0 Å². The summed E-state index contributed by atoms with van der Waals surface area (Å²) in [5, 5.41) is 11.5. The fraction of sp³-hybridized carbons (Fsp3) is 0.167. The van der Waals surface area contributed by atoms with Crippen LogP contribution in [0.1, 0.15) is 34.3 Å². The van der Waals surface area contributed by atoms with Gasteiger partial charge in [0.05, 0.1) is 5.56 Å². The third-order valence-corrected chi connectivity index (χ3v) is 4.76. The normalized spacial score (nSPS) is 11.2. The highest BCUT2D eigenvalue weighted by Crippen LogP contribution is 2.32. The summed E-state index contributed by atoms with van der Waals surface area (Å²) in [6.45, 7) is 0. The van der Waals surface area contributed by atoms with Crippen LogP contribution in [0.2, 0.25) is 0 Å². The van der Waals surface area contributed by atoms with Crippen molar-refractivity contribution in [2.24, 2.45) is 0 Å². The Kier molecular flexibility index (Phi) is 6.74. The van der Waals surface area contributed by atoms with E-state index >= 15 is 0 Å². The zero-order valence-corrected chi connectivity index (χ0v) is 16.4. The minimum absolute atomic E-state index is 0.0964. The molecule has 0 saturated heterocycles. The molecule has 0 fully saturated rings. The summed E-state index contributed by atoms with van der Waals surface area (Å²) in [5.41, 5.74) is 2.15. The van der Waals surface area contributed by atoms with Crippen LogP contribution >= 0.6 is 0 Å². The molecule has 3 rings (SSSR count). The molecule has 0 radical (unpaired) electrons. The first-order valence-corrected chi connectivity index (χ1v) is 9.63. The van der Waals surface area contributed by atoms with Crippen LogP contribution in [0.25, 0.3) is 11.1 Å². The Balaban J connectivity index is 1.74. The molecule has 7 heteroatoms. The molecule has 0 saturated carbocycles. The van der Waals surface area contributed by atoms with Crippen molar-refractivity contribution in [1.82, 2.24) is 0 Å². The number of carboxylic acid groups (broad SMARTS) is 1. The highest BCUT2D eigenvalue weighted by atomic mass is 19.4. The number of carboxylic acids is 1. The van der Waals surface area contributed by atoms with Crippen molar-refractivity contribution >= 4 is 17.6 Å². The molecule has 3 aromatic rings. The Morgan fingerprint density at radius 3 is 2.13 bits per heavy atom. The van der Waals surface area contributed by atoms with Gasteiger partial charge in [0.1, 0.15) is 0 Å². The minimum atomic E-state index is -4.42. The maximum atomic E-state index is 12.8. The van der Waals surface area contributed by atoms with Gasteiger partial charge in [0.2, 0.25) is 0 Å². The molecule has 0 spiro atoms. The Morgan fingerprint density at radius 2 is 1.52 bits per heavy atom. The van der Waals surface area contributed by atoms with Gasteiger partial charge in [-0.1, -0.05) is 42.5 Å². The Bertz CT molecular complexity index is 1060. The molecular formula is C24H20F3NO3. The van der Waals surface area contributed by atoms with Gasteiger partial charge in [0, 0.05) is 17.7 Å². The quantitative estimate of drug-likeness (QED) is 0.484. The molecule has 0 aliphatic rings. The number of nitrogens with one attached hydrogen (secondary N) is 1. The second kappa shape index (κ2) is 9.47. The molecule has 0 aliphatic carbocycles. The van der Waals surface area contributed by atoms with Gasteiger partial charge in [-0.25, -0.2) is 0 Å². The fourth-order valence-electron chi connectivity index (χ4n) is 3.17. The van der Waals surface area contributed by atoms with Crippen molar-refractivity contribution in [3.63, 3.8) is 0 Å². The molecule has 160 valence electrons. The van der Waals surface area contributed by atoms with E-state index in [0.29, 0.717) is 35.2 Å². The highest BCUT2D eigenvalue weighted by molar-refractivity contribution is 6.08. The van der Waals surface area contributed by atoms with Crippen LogP contribution in [0.15, 0.2) is 72.8 Å². The average Bonchev–Trinajstić information content (AvgIpc) is 2.74. The standard InChI is InChI=1S/C24H20F3NO3/c25-24(26,27)18-12-10-17(11-13-18)20-5-1-2-6-21(20)23(31)28-19-14-8-16(9-15-19)4-3-7-22(29)30/h1-2,5-6,8-15H,3-4,7H2,(H,28,31)(H,29,30). The van der Waals surface area contributed by atoms with Gasteiger partial charge < -0.3 is 10.4 Å². The van der Waals surface area contributed by atoms with Crippen molar-refractivity contribution in [2.75, 3.05) is 5.32 Å². The molecule has 4 nitrogen and oxygen atoms in total. The molecule has 0 atom stereocenters. The smallest absolute Gasteiger partial charge is 0.416 e. The van der Waals surface area contributed by atoms with E-state index in [1.165, 1.54) is 12.1 Å². The minimum Gasteiger partial charge on any atom is -0.481 e. The molecule has 2 N–H and O–H groups in total. The van der Waals surface area contributed by atoms with Gasteiger partial charge in [-0.3, -0.25) is 9.59 Å². The third-order valence-electron chi connectivity index (χ3n) is 4.76. The van der Waals surface area contributed by atoms with Crippen LogP contribution in [-0.2, 0) is 17.4 Å². The van der Waals surface area contributed by atoms with E-state index in [-0.39, 0.29) is 12.3 Å². The van der Waals surface area contributed by atoms with Crippen molar-refractivity contribution < 1.29 is 27.9 Å². The molecule has 31 heavy (non-hydrogen) atoms. The summed E-state index contributed by atoms with van der Waals surface area (Å²) in [6.07, 6.45) is -3.17. The van der Waals surface area contributed by atoms with Crippen LogP contribution in [0.4, 0.5) is 18.9 Å². The van der Waals surface area contributed by atoms with Crippen molar-refractivity contribution in [3.8, 4) is 11.1 Å². The first-order chi connectivity index (χ1) is 14.7. The van der Waals surface area contributed by atoms with Crippen LogP contribution in [-0.4, -0.2) is 17.0 Å². The van der Waals surface area contributed by atoms with Crippen LogP contribution in [0.3, 0.4) is 0 Å². The van der Waals surface area contributed by atoms with E-state index in [0.717, 1.165) is 17.7 Å². The van der Waals surface area contributed by atoms with Crippen molar-refractivity contribution in [2.45, 2.75) is 25.4 Å². The lowest BCUT2D eigenvalue weighted by atomic mass is 9.98. The van der Waals surface area contributed by atoms with Crippen molar-refractivity contribution in [1.29, 1.82) is 0 Å². The van der Waals surface area contributed by atoms with Crippen LogP contribution < -0.4 is 5.32 Å². The number of rotatable bonds is 7. The Hall–Kier alpha value is -3.61. The molecule has 0 bridgehead atoms. The van der Waals surface area contributed by atoms with E-state index in [1.807, 2.05) is 12.1 Å². The van der Waals surface area contributed by atoms with Gasteiger partial charge in [-0.15, -0.1) is 0 Å². The fourth-order valence-corrected chi connectivity index (χ4v) is 3.17. The van der Waals surface area contributed by atoms with E-state index < -0.39 is 17.7 Å². The predicted molar refractivity (Wildman–Crippen MR) is 112 cm³/mol. The second-order valence-corrected chi connectivity index (χ2v) is 7.02. The molecule has 3 aromatic carbocycles. The monoisotopic (exact) mass is 427 g/mol. The first-order valence-electron chi connectivity index (χ1n) is 9.63. The highest BCUT2D eigenvalue weighted by Gasteiger charge is 2.30. The largest absolute Gasteiger partial charge is 0.481 e. The lowest BCUT2D eigenvalue weighted by Crippen LogP contribution is -2.13. The van der Waals surface area contributed by atoms with E-state index in [9.17, 15) is 22.8 Å². The molecule has 0 aliphatic heterocycles. The zero-order chi connectivity index (χ0) is 22.4. The van der Waals surface area contributed by atoms with E-state index in [4.69, 9.17) is 5.11 Å². The number of aliphatic carboxylic acids is 1. The number of anilines is 1. The van der Waals surface area contributed by atoms with E-state index in [1.54, 1.807) is 36.4 Å². The van der Waals surface area contributed by atoms with E-state index in [2.05, 4.69) is 5.32 Å². The predicted octanol–water partition coefficient (Wildman–Crippen LogP) is 6.03. The number of amides is 1. The molecule has 1 amide bonds. The number of alkyl halides is 3. The van der Waals surface area contributed by atoms with Gasteiger partial charge in [0.15, 0.2) is 0 Å². The molecule has 0 heterocycles. The first kappa shape index (κ1) is 22.1. The number of halogens is 3. The molecule has 0 aromatic heterocycles. The summed E-state index contributed by atoms with van der Waals surface area (Å²) in [5.74, 6) is -1.22. The summed E-state index contributed by atoms with van der Waals surface area (Å²) in [6, 6.07) is 18.5. The average molecular weight is 427 g/mol. The van der Waals surface area contributed by atoms with Gasteiger partial charge >= 0.3 is 12.1 Å². The summed E-state index contributed by atoms with van der Waals surface area (Å²) < 4.78 is 38.4. The number of hydrogen-bond acceptors (Lipinski definition) is 2. The number of carbonyl (C=O) groups excluding carboxylic acids is 1. The van der Waals surface area contributed by atoms with Crippen LogP contribution in [0, 0.1) is 0 Å². The molecule has 0 unspecified atom stereocenters. The lowest BCUT2D eigenvalue weighted by Gasteiger charge is -2.12. The third kappa shape index (κ3) is 5.94. The van der Waals surface area contributed by atoms with Gasteiger partial charge in [-0.2, -0.15) is 13.2 Å². The second-order valence-electron chi connectivity index (χ2n) is 7.02. The zero-order valence-electron chi connectivity index (χ0n) is 16.4. The maximum absolute atomic E-state index is 12.8. The number of carbonyl (C=O) groups is 2. The topological polar surface area (TPSA) is 66.4 Å². The number of aryl methyl sites for hydroxylation is 1. The summed E-state index contributed by atoms with van der Waals surface area (Å²) >= 11 is 0. The maximum Gasteiger partial charge on any atom is 0.416 e. The Morgan fingerprint density at radius 1 is 0.871 bits per heavy atom. The van der Waals surface area contributed by atoms with Gasteiger partial charge in [-0.05, 0) is 59.9 Å².